The van der Waals surface area contributed by atoms with Crippen LogP contribution in [0.25, 0.3) is 0 Å². The minimum Gasteiger partial charge on any atom is -0.481 e. The molecule has 2 amide bonds. The van der Waals surface area contributed by atoms with E-state index in [2.05, 4.69) is 10.6 Å². The van der Waals surface area contributed by atoms with E-state index in [1.807, 2.05) is 20.8 Å². The maximum absolute atomic E-state index is 12.1. The SMILES string of the molecule is CCC1C[C@H](C(=O)NCC(=O)NC(C)C)[C@H](C(=O)O)C1. The van der Waals surface area contributed by atoms with Crippen molar-refractivity contribution in [2.24, 2.45) is 17.8 Å². The molecule has 3 N–H and O–H groups in total. The molecular formula is C14H24N2O4. The van der Waals surface area contributed by atoms with Crippen molar-refractivity contribution >= 4 is 17.8 Å². The summed E-state index contributed by atoms with van der Waals surface area (Å²) in [6, 6.07) is 0.0159. The second kappa shape index (κ2) is 7.26. The summed E-state index contributed by atoms with van der Waals surface area (Å²) in [5.41, 5.74) is 0. The Hall–Kier alpha value is -1.59. The molecule has 0 aromatic heterocycles. The van der Waals surface area contributed by atoms with Crippen LogP contribution in [0.1, 0.15) is 40.0 Å². The Labute approximate surface area is 119 Å². The number of carboxylic acids is 1. The van der Waals surface area contributed by atoms with Gasteiger partial charge in [0.25, 0.3) is 0 Å². The molecule has 0 heterocycles. The lowest BCUT2D eigenvalue weighted by atomic mass is 9.95. The Balaban J connectivity index is 2.53. The van der Waals surface area contributed by atoms with Gasteiger partial charge < -0.3 is 15.7 Å². The quantitative estimate of drug-likeness (QED) is 0.671. The number of amides is 2. The summed E-state index contributed by atoms with van der Waals surface area (Å²) in [7, 11) is 0. The van der Waals surface area contributed by atoms with E-state index in [1.54, 1.807) is 0 Å². The minimum absolute atomic E-state index is 0.0159. The Morgan fingerprint density at radius 3 is 2.30 bits per heavy atom. The fourth-order valence-corrected chi connectivity index (χ4v) is 2.71. The zero-order valence-corrected chi connectivity index (χ0v) is 12.3. The van der Waals surface area contributed by atoms with Gasteiger partial charge in [0.1, 0.15) is 0 Å². The third-order valence-corrected chi connectivity index (χ3v) is 3.76. The van der Waals surface area contributed by atoms with E-state index in [1.165, 1.54) is 0 Å². The van der Waals surface area contributed by atoms with Gasteiger partial charge in [-0.1, -0.05) is 13.3 Å². The van der Waals surface area contributed by atoms with Crippen molar-refractivity contribution in [3.8, 4) is 0 Å². The van der Waals surface area contributed by atoms with Crippen molar-refractivity contribution in [3.63, 3.8) is 0 Å². The predicted octanol–water partition coefficient (Wildman–Crippen LogP) is 0.764. The van der Waals surface area contributed by atoms with Crippen LogP contribution in [0.5, 0.6) is 0 Å². The summed E-state index contributed by atoms with van der Waals surface area (Å²) in [6.07, 6.45) is 2.01. The van der Waals surface area contributed by atoms with Crippen LogP contribution in [0.15, 0.2) is 0 Å². The van der Waals surface area contributed by atoms with Crippen LogP contribution >= 0.6 is 0 Å². The maximum Gasteiger partial charge on any atom is 0.307 e. The fraction of sp³-hybridized carbons (Fsp3) is 0.786. The molecule has 1 aliphatic carbocycles. The minimum atomic E-state index is -0.923. The lowest BCUT2D eigenvalue weighted by Gasteiger charge is -2.16. The molecule has 0 spiro atoms. The van der Waals surface area contributed by atoms with Crippen molar-refractivity contribution in [3.05, 3.63) is 0 Å². The third kappa shape index (κ3) is 4.51. The molecule has 0 aliphatic heterocycles. The second-order valence-electron chi connectivity index (χ2n) is 5.74. The molecule has 0 aromatic carbocycles. The molecule has 0 aromatic rings. The number of hydrogen-bond donors (Lipinski definition) is 3. The molecule has 1 fully saturated rings. The number of aliphatic carboxylic acids is 1. The second-order valence-corrected chi connectivity index (χ2v) is 5.74. The molecule has 0 radical (unpaired) electrons. The van der Waals surface area contributed by atoms with Gasteiger partial charge in [-0.2, -0.15) is 0 Å². The number of hydrogen-bond acceptors (Lipinski definition) is 3. The van der Waals surface area contributed by atoms with Crippen molar-refractivity contribution < 1.29 is 19.5 Å². The first kappa shape index (κ1) is 16.5. The monoisotopic (exact) mass is 284 g/mol. The van der Waals surface area contributed by atoms with E-state index in [9.17, 15) is 19.5 Å². The Morgan fingerprint density at radius 2 is 1.80 bits per heavy atom. The first-order valence-electron chi connectivity index (χ1n) is 7.15. The Bertz CT molecular complexity index is 381. The zero-order chi connectivity index (χ0) is 15.3. The van der Waals surface area contributed by atoms with Gasteiger partial charge in [0, 0.05) is 6.04 Å². The molecule has 1 rings (SSSR count). The first-order valence-corrected chi connectivity index (χ1v) is 7.15. The summed E-state index contributed by atoms with van der Waals surface area (Å²) in [6.45, 7) is 5.57. The average Bonchev–Trinajstić information content (AvgIpc) is 2.79. The van der Waals surface area contributed by atoms with Gasteiger partial charge in [0.15, 0.2) is 0 Å². The molecule has 1 unspecified atom stereocenters. The lowest BCUT2D eigenvalue weighted by molar-refractivity contribution is -0.146. The number of carbonyl (C=O) groups excluding carboxylic acids is 2. The molecule has 3 atom stereocenters. The van der Waals surface area contributed by atoms with Crippen LogP contribution in [-0.2, 0) is 14.4 Å². The summed E-state index contributed by atoms with van der Waals surface area (Å²) >= 11 is 0. The molecule has 0 saturated heterocycles. The molecular weight excluding hydrogens is 260 g/mol. The fourth-order valence-electron chi connectivity index (χ4n) is 2.71. The zero-order valence-electron chi connectivity index (χ0n) is 12.3. The number of nitrogens with one attached hydrogen (secondary N) is 2. The van der Waals surface area contributed by atoms with Crippen LogP contribution in [0.4, 0.5) is 0 Å². The Morgan fingerprint density at radius 1 is 1.20 bits per heavy atom. The van der Waals surface area contributed by atoms with Crippen LogP contribution in [0.2, 0.25) is 0 Å². The molecule has 0 bridgehead atoms. The van der Waals surface area contributed by atoms with Gasteiger partial charge in [0.2, 0.25) is 11.8 Å². The van der Waals surface area contributed by atoms with Crippen LogP contribution in [-0.4, -0.2) is 35.5 Å². The van der Waals surface area contributed by atoms with Crippen molar-refractivity contribution in [2.45, 2.75) is 46.1 Å². The predicted molar refractivity (Wildman–Crippen MR) is 73.9 cm³/mol. The number of rotatable bonds is 6. The maximum atomic E-state index is 12.1. The largest absolute Gasteiger partial charge is 0.481 e. The van der Waals surface area contributed by atoms with E-state index in [4.69, 9.17) is 0 Å². The van der Waals surface area contributed by atoms with Gasteiger partial charge in [-0.3, -0.25) is 14.4 Å². The van der Waals surface area contributed by atoms with Crippen LogP contribution < -0.4 is 10.6 Å². The molecule has 114 valence electrons. The highest BCUT2D eigenvalue weighted by molar-refractivity contribution is 5.89. The highest BCUT2D eigenvalue weighted by Gasteiger charge is 2.42. The highest BCUT2D eigenvalue weighted by Crippen LogP contribution is 2.38. The van der Waals surface area contributed by atoms with Crippen molar-refractivity contribution in [1.29, 1.82) is 0 Å². The van der Waals surface area contributed by atoms with Crippen LogP contribution in [0, 0.1) is 17.8 Å². The third-order valence-electron chi connectivity index (χ3n) is 3.76. The summed E-state index contributed by atoms with van der Waals surface area (Å²) < 4.78 is 0. The van der Waals surface area contributed by atoms with Gasteiger partial charge in [-0.15, -0.1) is 0 Å². The normalized spacial score (nSPS) is 25.5. The van der Waals surface area contributed by atoms with E-state index in [0.717, 1.165) is 6.42 Å². The topological polar surface area (TPSA) is 95.5 Å². The number of carboxylic acid groups (broad SMARTS) is 1. The van der Waals surface area contributed by atoms with Crippen molar-refractivity contribution in [1.82, 2.24) is 10.6 Å². The van der Waals surface area contributed by atoms with Crippen LogP contribution in [0.3, 0.4) is 0 Å². The lowest BCUT2D eigenvalue weighted by Crippen LogP contribution is -2.43. The number of carbonyl (C=O) groups is 3. The molecule has 20 heavy (non-hydrogen) atoms. The summed E-state index contributed by atoms with van der Waals surface area (Å²) in [4.78, 5) is 34.7. The summed E-state index contributed by atoms with van der Waals surface area (Å²) in [5.74, 6) is -2.39. The first-order chi connectivity index (χ1) is 9.35. The standard InChI is InChI=1S/C14H24N2O4/c1-4-9-5-10(11(6-9)14(19)20)13(18)15-7-12(17)16-8(2)3/h8-11H,4-7H2,1-3H3,(H,15,18)(H,16,17)(H,19,20)/t9?,10-,11+/m0/s1. The van der Waals surface area contributed by atoms with E-state index >= 15 is 0 Å². The van der Waals surface area contributed by atoms with E-state index < -0.39 is 17.8 Å². The smallest absolute Gasteiger partial charge is 0.307 e. The van der Waals surface area contributed by atoms with E-state index in [0.29, 0.717) is 12.8 Å². The van der Waals surface area contributed by atoms with Gasteiger partial charge in [0.05, 0.1) is 18.4 Å². The summed E-state index contributed by atoms with van der Waals surface area (Å²) in [5, 5.41) is 14.4. The van der Waals surface area contributed by atoms with Gasteiger partial charge >= 0.3 is 5.97 Å². The molecule has 1 saturated carbocycles. The van der Waals surface area contributed by atoms with Gasteiger partial charge in [-0.25, -0.2) is 0 Å². The van der Waals surface area contributed by atoms with Gasteiger partial charge in [-0.05, 0) is 32.6 Å². The van der Waals surface area contributed by atoms with E-state index in [-0.39, 0.29) is 30.3 Å². The van der Waals surface area contributed by atoms with Crippen molar-refractivity contribution in [2.75, 3.05) is 6.54 Å². The molecule has 6 heteroatoms. The molecule has 6 nitrogen and oxygen atoms in total. The highest BCUT2D eigenvalue weighted by atomic mass is 16.4. The average molecular weight is 284 g/mol. The molecule has 1 aliphatic rings. The Kier molecular flexibility index (Phi) is 5.98.